The minimum Gasteiger partial charge on any atom is -0.493 e. The first-order chi connectivity index (χ1) is 13.5. The summed E-state index contributed by atoms with van der Waals surface area (Å²) in [5, 5.41) is 0. The van der Waals surface area contributed by atoms with Gasteiger partial charge in [-0.3, -0.25) is 4.79 Å². The Morgan fingerprint density at radius 1 is 0.964 bits per heavy atom. The summed E-state index contributed by atoms with van der Waals surface area (Å²) in [5.41, 5.74) is 1.64. The van der Waals surface area contributed by atoms with Crippen LogP contribution in [0, 0.1) is 5.82 Å². The van der Waals surface area contributed by atoms with Crippen molar-refractivity contribution in [2.75, 3.05) is 52.4 Å². The number of hydrogen-bond acceptors (Lipinski definition) is 5. The normalized spacial score (nSPS) is 14.0. The lowest BCUT2D eigenvalue weighted by molar-refractivity contribution is -0.130. The molecule has 150 valence electrons. The van der Waals surface area contributed by atoms with Gasteiger partial charge in [0.1, 0.15) is 5.82 Å². The van der Waals surface area contributed by atoms with Gasteiger partial charge < -0.3 is 24.0 Å². The maximum absolute atomic E-state index is 13.3. The molecule has 0 atom stereocenters. The van der Waals surface area contributed by atoms with Crippen LogP contribution >= 0.6 is 0 Å². The van der Waals surface area contributed by atoms with Crippen molar-refractivity contribution >= 4 is 11.6 Å². The molecule has 0 saturated carbocycles. The molecule has 0 bridgehead atoms. The van der Waals surface area contributed by atoms with E-state index in [4.69, 9.17) is 14.2 Å². The van der Waals surface area contributed by atoms with Gasteiger partial charge in [0.2, 0.25) is 11.7 Å². The van der Waals surface area contributed by atoms with Crippen LogP contribution in [0.15, 0.2) is 36.4 Å². The van der Waals surface area contributed by atoms with Crippen LogP contribution in [-0.2, 0) is 11.2 Å². The van der Waals surface area contributed by atoms with E-state index in [2.05, 4.69) is 4.90 Å². The van der Waals surface area contributed by atoms with Gasteiger partial charge in [-0.2, -0.15) is 0 Å². The van der Waals surface area contributed by atoms with Gasteiger partial charge in [-0.1, -0.05) is 12.1 Å². The van der Waals surface area contributed by atoms with Crippen molar-refractivity contribution in [3.05, 3.63) is 47.8 Å². The number of benzene rings is 2. The lowest BCUT2D eigenvalue weighted by Crippen LogP contribution is -2.49. The van der Waals surface area contributed by atoms with Gasteiger partial charge in [0.25, 0.3) is 0 Å². The van der Waals surface area contributed by atoms with E-state index in [0.29, 0.717) is 49.0 Å². The standard InChI is InChI=1S/C21H25FN2O4/c1-26-18-13-17(14-19(27-2)21(18)28-3)23-7-9-24(10-8-23)20(25)12-15-5-4-6-16(22)11-15/h4-6,11,13-14H,7-10,12H2,1-3H3. The fraction of sp³-hybridized carbons (Fsp3) is 0.381. The summed E-state index contributed by atoms with van der Waals surface area (Å²) in [6.07, 6.45) is 0.210. The molecule has 2 aromatic carbocycles. The van der Waals surface area contributed by atoms with Crippen molar-refractivity contribution in [1.29, 1.82) is 0 Å². The number of halogens is 1. The summed E-state index contributed by atoms with van der Waals surface area (Å²) in [4.78, 5) is 16.5. The molecule has 0 unspecified atom stereocenters. The zero-order chi connectivity index (χ0) is 20.1. The molecular weight excluding hydrogens is 363 g/mol. The van der Waals surface area contributed by atoms with Crippen LogP contribution in [0.3, 0.4) is 0 Å². The molecule has 0 spiro atoms. The van der Waals surface area contributed by atoms with E-state index in [1.54, 1.807) is 33.5 Å². The van der Waals surface area contributed by atoms with Crippen molar-refractivity contribution in [2.24, 2.45) is 0 Å². The minimum absolute atomic E-state index is 0.00939. The number of methoxy groups -OCH3 is 3. The Balaban J connectivity index is 1.66. The number of hydrogen-bond donors (Lipinski definition) is 0. The maximum atomic E-state index is 13.3. The number of carbonyl (C=O) groups is 1. The molecule has 2 aromatic rings. The van der Waals surface area contributed by atoms with Crippen molar-refractivity contribution < 1.29 is 23.4 Å². The Morgan fingerprint density at radius 3 is 2.14 bits per heavy atom. The molecule has 7 heteroatoms. The number of ether oxygens (including phenoxy) is 3. The van der Waals surface area contributed by atoms with Gasteiger partial charge in [0.15, 0.2) is 11.5 Å². The third kappa shape index (κ3) is 4.30. The monoisotopic (exact) mass is 388 g/mol. The highest BCUT2D eigenvalue weighted by atomic mass is 19.1. The van der Waals surface area contributed by atoms with Gasteiger partial charge in [-0.05, 0) is 17.7 Å². The molecule has 1 fully saturated rings. The molecule has 0 aliphatic carbocycles. The number of anilines is 1. The Labute approximate surface area is 164 Å². The van der Waals surface area contributed by atoms with Crippen LogP contribution in [0.1, 0.15) is 5.56 Å². The number of nitrogens with zero attached hydrogens (tertiary/aromatic N) is 2. The van der Waals surface area contributed by atoms with Crippen LogP contribution in [0.25, 0.3) is 0 Å². The Hall–Kier alpha value is -2.96. The fourth-order valence-electron chi connectivity index (χ4n) is 3.40. The minimum atomic E-state index is -0.322. The summed E-state index contributed by atoms with van der Waals surface area (Å²) in [6, 6.07) is 10.00. The lowest BCUT2D eigenvalue weighted by atomic mass is 10.1. The topological polar surface area (TPSA) is 51.2 Å². The highest BCUT2D eigenvalue weighted by Gasteiger charge is 2.23. The average Bonchev–Trinajstić information content (AvgIpc) is 2.72. The SMILES string of the molecule is COc1cc(N2CCN(C(=O)Cc3cccc(F)c3)CC2)cc(OC)c1OC. The van der Waals surface area contributed by atoms with E-state index in [1.165, 1.54) is 12.1 Å². The zero-order valence-corrected chi connectivity index (χ0v) is 16.4. The Morgan fingerprint density at radius 2 is 1.61 bits per heavy atom. The van der Waals surface area contributed by atoms with Crippen molar-refractivity contribution in [3.8, 4) is 17.2 Å². The van der Waals surface area contributed by atoms with E-state index in [0.717, 1.165) is 5.69 Å². The average molecular weight is 388 g/mol. The number of amides is 1. The van der Waals surface area contributed by atoms with Crippen LogP contribution in [0.5, 0.6) is 17.2 Å². The van der Waals surface area contributed by atoms with E-state index in [1.807, 2.05) is 17.0 Å². The van der Waals surface area contributed by atoms with Crippen LogP contribution < -0.4 is 19.1 Å². The molecule has 28 heavy (non-hydrogen) atoms. The summed E-state index contributed by atoms with van der Waals surface area (Å²) >= 11 is 0. The largest absolute Gasteiger partial charge is 0.493 e. The van der Waals surface area contributed by atoms with Gasteiger partial charge in [0, 0.05) is 44.0 Å². The molecule has 0 N–H and O–H groups in total. The van der Waals surface area contributed by atoms with Crippen molar-refractivity contribution in [2.45, 2.75) is 6.42 Å². The molecule has 0 aromatic heterocycles. The zero-order valence-electron chi connectivity index (χ0n) is 16.4. The number of rotatable bonds is 6. The van der Waals surface area contributed by atoms with Gasteiger partial charge in [-0.25, -0.2) is 4.39 Å². The summed E-state index contributed by atoms with van der Waals surface area (Å²) in [6.45, 7) is 2.58. The predicted molar refractivity (Wildman–Crippen MR) is 105 cm³/mol. The van der Waals surface area contributed by atoms with Crippen molar-refractivity contribution in [1.82, 2.24) is 4.90 Å². The summed E-state index contributed by atoms with van der Waals surface area (Å²) < 4.78 is 29.5. The van der Waals surface area contributed by atoms with E-state index < -0.39 is 0 Å². The van der Waals surface area contributed by atoms with E-state index in [-0.39, 0.29) is 18.1 Å². The highest BCUT2D eigenvalue weighted by molar-refractivity contribution is 5.79. The number of piperazine rings is 1. The summed E-state index contributed by atoms with van der Waals surface area (Å²) in [7, 11) is 4.75. The fourth-order valence-corrected chi connectivity index (χ4v) is 3.40. The van der Waals surface area contributed by atoms with Crippen LogP contribution in [0.4, 0.5) is 10.1 Å². The van der Waals surface area contributed by atoms with E-state index >= 15 is 0 Å². The van der Waals surface area contributed by atoms with Gasteiger partial charge in [0.05, 0.1) is 27.8 Å². The van der Waals surface area contributed by atoms with Gasteiger partial charge >= 0.3 is 0 Å². The second-order valence-corrected chi connectivity index (χ2v) is 6.56. The molecular formula is C21H25FN2O4. The van der Waals surface area contributed by atoms with E-state index in [9.17, 15) is 9.18 Å². The first kappa shape index (κ1) is 19.8. The smallest absolute Gasteiger partial charge is 0.227 e. The lowest BCUT2D eigenvalue weighted by Gasteiger charge is -2.36. The Bertz CT molecular complexity index is 810. The Kier molecular flexibility index (Phi) is 6.23. The first-order valence-corrected chi connectivity index (χ1v) is 9.13. The van der Waals surface area contributed by atoms with Gasteiger partial charge in [-0.15, -0.1) is 0 Å². The van der Waals surface area contributed by atoms with Crippen molar-refractivity contribution in [3.63, 3.8) is 0 Å². The second kappa shape index (κ2) is 8.82. The third-order valence-electron chi connectivity index (χ3n) is 4.89. The van der Waals surface area contributed by atoms with Crippen LogP contribution in [0.2, 0.25) is 0 Å². The highest BCUT2D eigenvalue weighted by Crippen LogP contribution is 2.41. The predicted octanol–water partition coefficient (Wildman–Crippen LogP) is 2.74. The molecule has 1 heterocycles. The molecule has 0 radical (unpaired) electrons. The maximum Gasteiger partial charge on any atom is 0.227 e. The molecule has 1 aliphatic heterocycles. The number of carbonyl (C=O) groups excluding carboxylic acids is 1. The molecule has 6 nitrogen and oxygen atoms in total. The first-order valence-electron chi connectivity index (χ1n) is 9.13. The molecule has 1 saturated heterocycles. The second-order valence-electron chi connectivity index (χ2n) is 6.56. The molecule has 3 rings (SSSR count). The third-order valence-corrected chi connectivity index (χ3v) is 4.89. The molecule has 1 aliphatic rings. The quantitative estimate of drug-likeness (QED) is 0.762. The summed E-state index contributed by atoms with van der Waals surface area (Å²) in [5.74, 6) is 1.44. The van der Waals surface area contributed by atoms with Crippen LogP contribution in [-0.4, -0.2) is 58.3 Å². The molecule has 1 amide bonds.